The van der Waals surface area contributed by atoms with Gasteiger partial charge in [0.2, 0.25) is 5.91 Å². The fraction of sp³-hybridized carbons (Fsp3) is 0.333. The molecule has 0 aliphatic heterocycles. The topological polar surface area (TPSA) is 38.1 Å². The molecule has 0 N–H and O–H groups in total. The van der Waals surface area contributed by atoms with Gasteiger partial charge in [0, 0.05) is 13.2 Å². The van der Waals surface area contributed by atoms with Gasteiger partial charge in [-0.2, -0.15) is 18.3 Å². The molecule has 0 saturated carbocycles. The zero-order chi connectivity index (χ0) is 17.2. The van der Waals surface area contributed by atoms with Crippen molar-refractivity contribution in [2.45, 2.75) is 25.7 Å². The van der Waals surface area contributed by atoms with Crippen molar-refractivity contribution < 1.29 is 22.4 Å². The third kappa shape index (κ3) is 4.08. The van der Waals surface area contributed by atoms with E-state index in [0.717, 1.165) is 22.5 Å². The van der Waals surface area contributed by atoms with Crippen molar-refractivity contribution in [3.05, 3.63) is 53.6 Å². The van der Waals surface area contributed by atoms with E-state index in [9.17, 15) is 22.4 Å². The number of carbonyl (C=O) groups is 1. The molecular formula is C15H15F4N3O. The monoisotopic (exact) mass is 329 g/mol. The number of nitrogens with zero attached hydrogens (tertiary/aromatic N) is 3. The first-order valence-corrected chi connectivity index (χ1v) is 6.80. The number of benzene rings is 1. The SMILES string of the molecule is C[C@@H](c1ccc(F)cc1)N(C)C(=O)Cn1ccc(C(F)(F)F)n1. The molecule has 0 bridgehead atoms. The Morgan fingerprint density at radius 2 is 1.87 bits per heavy atom. The second kappa shape index (κ2) is 6.39. The molecule has 0 spiro atoms. The standard InChI is InChI=1S/C15H15F4N3O/c1-10(11-3-5-12(16)6-4-11)21(2)14(23)9-22-8-7-13(20-22)15(17,18)19/h3-8,10H,9H2,1-2H3/t10-/m0/s1. The highest BCUT2D eigenvalue weighted by Gasteiger charge is 2.33. The van der Waals surface area contributed by atoms with Crippen molar-refractivity contribution in [2.24, 2.45) is 0 Å². The number of alkyl halides is 3. The van der Waals surface area contributed by atoms with Crippen LogP contribution in [0.2, 0.25) is 0 Å². The summed E-state index contributed by atoms with van der Waals surface area (Å²) in [7, 11) is 1.53. The average Bonchev–Trinajstić information content (AvgIpc) is 2.95. The smallest absolute Gasteiger partial charge is 0.337 e. The first-order valence-electron chi connectivity index (χ1n) is 6.80. The molecule has 1 atom stereocenters. The Morgan fingerprint density at radius 1 is 1.26 bits per heavy atom. The van der Waals surface area contributed by atoms with Crippen LogP contribution in [0, 0.1) is 5.82 Å². The molecule has 0 saturated heterocycles. The lowest BCUT2D eigenvalue weighted by molar-refractivity contribution is -0.142. The van der Waals surface area contributed by atoms with Crippen molar-refractivity contribution in [1.29, 1.82) is 0 Å². The Balaban J connectivity index is 2.05. The molecule has 1 heterocycles. The maximum Gasteiger partial charge on any atom is 0.435 e. The fourth-order valence-corrected chi connectivity index (χ4v) is 2.03. The van der Waals surface area contributed by atoms with Crippen LogP contribution >= 0.6 is 0 Å². The minimum atomic E-state index is -4.54. The van der Waals surface area contributed by atoms with Crippen LogP contribution in [0.25, 0.3) is 0 Å². The first kappa shape index (κ1) is 17.0. The Hall–Kier alpha value is -2.38. The van der Waals surface area contributed by atoms with Crippen LogP contribution in [-0.4, -0.2) is 27.6 Å². The largest absolute Gasteiger partial charge is 0.435 e. The maximum atomic E-state index is 12.9. The van der Waals surface area contributed by atoms with Gasteiger partial charge in [0.1, 0.15) is 12.4 Å². The lowest BCUT2D eigenvalue weighted by Gasteiger charge is -2.25. The van der Waals surface area contributed by atoms with E-state index >= 15 is 0 Å². The molecule has 2 rings (SSSR count). The molecule has 2 aromatic rings. The van der Waals surface area contributed by atoms with Crippen LogP contribution in [0.15, 0.2) is 36.5 Å². The molecule has 1 aromatic heterocycles. The van der Waals surface area contributed by atoms with Gasteiger partial charge in [-0.25, -0.2) is 4.39 Å². The summed E-state index contributed by atoms with van der Waals surface area (Å²) in [6, 6.07) is 6.15. The highest BCUT2D eigenvalue weighted by atomic mass is 19.4. The number of carbonyl (C=O) groups excluding carboxylic acids is 1. The van der Waals surface area contributed by atoms with Gasteiger partial charge in [0.05, 0.1) is 6.04 Å². The molecule has 1 aromatic carbocycles. The number of amides is 1. The minimum absolute atomic E-state index is 0.307. The maximum absolute atomic E-state index is 12.9. The molecular weight excluding hydrogens is 314 g/mol. The summed E-state index contributed by atoms with van der Waals surface area (Å²) < 4.78 is 51.3. The van der Waals surface area contributed by atoms with Gasteiger partial charge in [0.15, 0.2) is 5.69 Å². The van der Waals surface area contributed by atoms with Crippen molar-refractivity contribution in [3.63, 3.8) is 0 Å². The quantitative estimate of drug-likeness (QED) is 0.808. The summed E-state index contributed by atoms with van der Waals surface area (Å²) in [5, 5.41) is 3.34. The second-order valence-electron chi connectivity index (χ2n) is 5.13. The van der Waals surface area contributed by atoms with Crippen molar-refractivity contribution in [3.8, 4) is 0 Å². The minimum Gasteiger partial charge on any atom is -0.337 e. The Labute approximate surface area is 130 Å². The average molecular weight is 329 g/mol. The third-order valence-electron chi connectivity index (χ3n) is 3.56. The van der Waals surface area contributed by atoms with E-state index in [0.29, 0.717) is 0 Å². The van der Waals surface area contributed by atoms with E-state index in [1.165, 1.54) is 24.1 Å². The van der Waals surface area contributed by atoms with Gasteiger partial charge in [0.25, 0.3) is 0 Å². The van der Waals surface area contributed by atoms with Crippen LogP contribution < -0.4 is 0 Å². The van der Waals surface area contributed by atoms with E-state index in [1.807, 2.05) is 0 Å². The highest BCUT2D eigenvalue weighted by molar-refractivity contribution is 5.76. The highest BCUT2D eigenvalue weighted by Crippen LogP contribution is 2.27. The van der Waals surface area contributed by atoms with Crippen LogP contribution in [0.1, 0.15) is 24.2 Å². The molecule has 8 heteroatoms. The number of likely N-dealkylation sites (N-methyl/N-ethyl adjacent to an activating group) is 1. The Morgan fingerprint density at radius 3 is 2.39 bits per heavy atom. The van der Waals surface area contributed by atoms with Gasteiger partial charge in [-0.1, -0.05) is 12.1 Å². The van der Waals surface area contributed by atoms with Crippen molar-refractivity contribution >= 4 is 5.91 Å². The molecule has 0 fully saturated rings. The summed E-state index contributed by atoms with van der Waals surface area (Å²) >= 11 is 0. The Kier molecular flexibility index (Phi) is 4.72. The van der Waals surface area contributed by atoms with Crippen LogP contribution in [0.4, 0.5) is 17.6 Å². The van der Waals surface area contributed by atoms with E-state index < -0.39 is 17.8 Å². The predicted molar refractivity (Wildman–Crippen MR) is 74.8 cm³/mol. The molecule has 124 valence electrons. The number of hydrogen-bond donors (Lipinski definition) is 0. The van der Waals surface area contributed by atoms with Crippen molar-refractivity contribution in [1.82, 2.24) is 14.7 Å². The molecule has 4 nitrogen and oxygen atoms in total. The number of hydrogen-bond acceptors (Lipinski definition) is 2. The van der Waals surface area contributed by atoms with Crippen LogP contribution in [-0.2, 0) is 17.5 Å². The summed E-state index contributed by atoms with van der Waals surface area (Å²) in [5.41, 5.74) is -0.321. The summed E-state index contributed by atoms with van der Waals surface area (Å²) in [5.74, 6) is -0.787. The lowest BCUT2D eigenvalue weighted by Crippen LogP contribution is -2.32. The molecule has 0 aliphatic carbocycles. The van der Waals surface area contributed by atoms with Gasteiger partial charge in [-0.15, -0.1) is 0 Å². The van der Waals surface area contributed by atoms with Crippen LogP contribution in [0.3, 0.4) is 0 Å². The first-order chi connectivity index (χ1) is 10.7. The van der Waals surface area contributed by atoms with Gasteiger partial charge in [-0.3, -0.25) is 9.48 Å². The molecule has 23 heavy (non-hydrogen) atoms. The van der Waals surface area contributed by atoms with E-state index in [4.69, 9.17) is 0 Å². The molecule has 1 amide bonds. The fourth-order valence-electron chi connectivity index (χ4n) is 2.03. The summed E-state index contributed by atoms with van der Waals surface area (Å²) in [6.45, 7) is 1.44. The van der Waals surface area contributed by atoms with Gasteiger partial charge < -0.3 is 4.90 Å². The van der Waals surface area contributed by atoms with E-state index in [1.54, 1.807) is 19.1 Å². The van der Waals surface area contributed by atoms with E-state index in [-0.39, 0.29) is 18.4 Å². The zero-order valence-electron chi connectivity index (χ0n) is 12.5. The normalized spacial score (nSPS) is 13.0. The summed E-state index contributed by atoms with van der Waals surface area (Å²) in [4.78, 5) is 13.5. The Bertz CT molecular complexity index is 679. The third-order valence-corrected chi connectivity index (χ3v) is 3.56. The second-order valence-corrected chi connectivity index (χ2v) is 5.13. The number of aromatic nitrogens is 2. The number of halogens is 4. The van der Waals surface area contributed by atoms with Gasteiger partial charge >= 0.3 is 6.18 Å². The zero-order valence-corrected chi connectivity index (χ0v) is 12.5. The molecule has 0 unspecified atom stereocenters. The summed E-state index contributed by atoms with van der Waals surface area (Å²) in [6.07, 6.45) is -3.43. The van der Waals surface area contributed by atoms with Crippen molar-refractivity contribution in [2.75, 3.05) is 7.05 Å². The predicted octanol–water partition coefficient (Wildman–Crippen LogP) is 3.26. The number of rotatable bonds is 4. The van der Waals surface area contributed by atoms with Crippen LogP contribution in [0.5, 0.6) is 0 Å². The molecule has 0 radical (unpaired) electrons. The van der Waals surface area contributed by atoms with E-state index in [2.05, 4.69) is 5.10 Å². The molecule has 0 aliphatic rings. The van der Waals surface area contributed by atoms with Gasteiger partial charge in [-0.05, 0) is 30.7 Å². The lowest BCUT2D eigenvalue weighted by atomic mass is 10.1.